The smallest absolute Gasteiger partial charge is 0.424 e. The second kappa shape index (κ2) is 5.88. The van der Waals surface area contributed by atoms with Crippen molar-refractivity contribution in [3.05, 3.63) is 40.1 Å². The van der Waals surface area contributed by atoms with Gasteiger partial charge in [-0.05, 0) is 54.0 Å². The summed E-state index contributed by atoms with van der Waals surface area (Å²) in [6.45, 7) is 3.58. The van der Waals surface area contributed by atoms with Crippen LogP contribution in [0.3, 0.4) is 0 Å². The zero-order valence-electron chi connectivity index (χ0n) is 11.0. The number of hydrogen-bond donors (Lipinski definition) is 0. The molecule has 1 heterocycles. The molecule has 0 saturated heterocycles. The number of aryl methyl sites for hydroxylation is 2. The molecule has 0 amide bonds. The lowest BCUT2D eigenvalue weighted by Gasteiger charge is -2.11. The van der Waals surface area contributed by atoms with Crippen molar-refractivity contribution < 1.29 is 22.6 Å². The lowest BCUT2D eigenvalue weighted by molar-refractivity contribution is -0.274. The summed E-state index contributed by atoms with van der Waals surface area (Å²) in [7, 11) is 0. The highest BCUT2D eigenvalue weighted by molar-refractivity contribution is 9.10. The first kappa shape index (κ1) is 15.6. The number of nitrogens with zero attached hydrogens (tertiary/aromatic N) is 2. The van der Waals surface area contributed by atoms with E-state index >= 15 is 0 Å². The minimum absolute atomic E-state index is 0.113. The first-order valence-corrected chi connectivity index (χ1v) is 6.58. The fraction of sp³-hybridized carbons (Fsp3) is 0.231. The van der Waals surface area contributed by atoms with E-state index in [1.165, 1.54) is 12.1 Å². The molecule has 0 aliphatic rings. The molecule has 0 spiro atoms. The van der Waals surface area contributed by atoms with Gasteiger partial charge in [0.1, 0.15) is 11.5 Å². The van der Waals surface area contributed by atoms with Gasteiger partial charge in [0.05, 0.1) is 4.47 Å². The molecule has 0 unspecified atom stereocenters. The Morgan fingerprint density at radius 3 is 2.19 bits per heavy atom. The molecule has 2 aromatic rings. The fourth-order valence-electron chi connectivity index (χ4n) is 1.60. The van der Waals surface area contributed by atoms with Crippen molar-refractivity contribution in [3.63, 3.8) is 0 Å². The third kappa shape index (κ3) is 4.59. The fourth-order valence-corrected chi connectivity index (χ4v) is 2.04. The summed E-state index contributed by atoms with van der Waals surface area (Å²) in [5.74, 6) is -0.0578. The van der Waals surface area contributed by atoms with E-state index in [1.807, 2.05) is 0 Å². The standard InChI is InChI=1S/C13H10BrF3N2O2/c1-7-5-8(2)19-12(18-7)20-9-3-4-11(10(14)6-9)21-13(15,16)17/h3-6H,1-2H3. The van der Waals surface area contributed by atoms with E-state index in [9.17, 15) is 13.2 Å². The predicted octanol–water partition coefficient (Wildman–Crippen LogP) is 4.55. The van der Waals surface area contributed by atoms with Crippen LogP contribution in [-0.2, 0) is 0 Å². The van der Waals surface area contributed by atoms with Gasteiger partial charge < -0.3 is 9.47 Å². The van der Waals surface area contributed by atoms with Gasteiger partial charge in [-0.3, -0.25) is 0 Å². The molecule has 0 aliphatic carbocycles. The molecule has 0 radical (unpaired) electrons. The van der Waals surface area contributed by atoms with Gasteiger partial charge in [-0.15, -0.1) is 13.2 Å². The quantitative estimate of drug-likeness (QED) is 0.803. The molecule has 4 nitrogen and oxygen atoms in total. The Hall–Kier alpha value is -1.83. The van der Waals surface area contributed by atoms with Gasteiger partial charge in [-0.2, -0.15) is 0 Å². The zero-order valence-corrected chi connectivity index (χ0v) is 12.6. The second-order valence-corrected chi connectivity index (χ2v) is 5.03. The number of benzene rings is 1. The van der Waals surface area contributed by atoms with Crippen molar-refractivity contribution in [2.75, 3.05) is 0 Å². The minimum Gasteiger partial charge on any atom is -0.424 e. The molecule has 0 aliphatic heterocycles. The first-order valence-electron chi connectivity index (χ1n) is 5.78. The van der Waals surface area contributed by atoms with Crippen LogP contribution in [0.15, 0.2) is 28.7 Å². The van der Waals surface area contributed by atoms with Gasteiger partial charge in [0.2, 0.25) is 0 Å². The number of ether oxygens (including phenoxy) is 2. The average Bonchev–Trinajstić information content (AvgIpc) is 2.30. The van der Waals surface area contributed by atoms with Gasteiger partial charge in [-0.1, -0.05) is 0 Å². The lowest BCUT2D eigenvalue weighted by Crippen LogP contribution is -2.17. The maximum Gasteiger partial charge on any atom is 0.573 e. The van der Waals surface area contributed by atoms with E-state index in [-0.39, 0.29) is 16.2 Å². The second-order valence-electron chi connectivity index (χ2n) is 4.18. The molecule has 0 N–H and O–H groups in total. The van der Waals surface area contributed by atoms with E-state index in [2.05, 4.69) is 30.6 Å². The summed E-state index contributed by atoms with van der Waals surface area (Å²) >= 11 is 3.00. The van der Waals surface area contributed by atoms with Crippen LogP contribution in [-0.4, -0.2) is 16.3 Å². The topological polar surface area (TPSA) is 44.2 Å². The SMILES string of the molecule is Cc1cc(C)nc(Oc2ccc(OC(F)(F)F)c(Br)c2)n1. The maximum atomic E-state index is 12.2. The lowest BCUT2D eigenvalue weighted by atomic mass is 10.3. The zero-order chi connectivity index (χ0) is 15.6. The largest absolute Gasteiger partial charge is 0.573 e. The molecular formula is C13H10BrF3N2O2. The van der Waals surface area contributed by atoms with Crippen LogP contribution >= 0.6 is 15.9 Å². The Morgan fingerprint density at radius 2 is 1.67 bits per heavy atom. The Kier molecular flexibility index (Phi) is 4.36. The number of alkyl halides is 3. The van der Waals surface area contributed by atoms with Gasteiger partial charge >= 0.3 is 12.4 Å². The molecule has 2 rings (SSSR count). The molecule has 1 aromatic heterocycles. The van der Waals surface area contributed by atoms with Crippen LogP contribution in [0.4, 0.5) is 13.2 Å². The number of hydrogen-bond acceptors (Lipinski definition) is 4. The van der Waals surface area contributed by atoms with Crippen molar-refractivity contribution in [2.24, 2.45) is 0 Å². The van der Waals surface area contributed by atoms with Crippen molar-refractivity contribution >= 4 is 15.9 Å². The van der Waals surface area contributed by atoms with Crippen molar-refractivity contribution in [2.45, 2.75) is 20.2 Å². The van der Waals surface area contributed by atoms with E-state index in [0.717, 1.165) is 17.5 Å². The van der Waals surface area contributed by atoms with Gasteiger partial charge in [0, 0.05) is 11.4 Å². The maximum absolute atomic E-state index is 12.2. The molecule has 0 saturated carbocycles. The molecule has 0 atom stereocenters. The summed E-state index contributed by atoms with van der Waals surface area (Å²) in [4.78, 5) is 8.16. The number of rotatable bonds is 3. The third-order valence-electron chi connectivity index (χ3n) is 2.30. The highest BCUT2D eigenvalue weighted by atomic mass is 79.9. The normalized spacial score (nSPS) is 11.3. The molecule has 0 bridgehead atoms. The van der Waals surface area contributed by atoms with Crippen molar-refractivity contribution in [1.82, 2.24) is 9.97 Å². The number of halogens is 4. The monoisotopic (exact) mass is 362 g/mol. The van der Waals surface area contributed by atoms with Crippen molar-refractivity contribution in [3.8, 4) is 17.5 Å². The average molecular weight is 363 g/mol. The van der Waals surface area contributed by atoms with Crippen LogP contribution in [0.1, 0.15) is 11.4 Å². The van der Waals surface area contributed by atoms with Crippen LogP contribution < -0.4 is 9.47 Å². The minimum atomic E-state index is -4.75. The van der Waals surface area contributed by atoms with E-state index in [0.29, 0.717) is 5.75 Å². The molecule has 0 fully saturated rings. The third-order valence-corrected chi connectivity index (χ3v) is 2.92. The molecule has 1 aromatic carbocycles. The van der Waals surface area contributed by atoms with Gasteiger partial charge in [0.25, 0.3) is 0 Å². The van der Waals surface area contributed by atoms with E-state index in [4.69, 9.17) is 4.74 Å². The molecule has 8 heteroatoms. The summed E-state index contributed by atoms with van der Waals surface area (Å²) < 4.78 is 45.9. The van der Waals surface area contributed by atoms with Crippen LogP contribution in [0.2, 0.25) is 0 Å². The van der Waals surface area contributed by atoms with Crippen LogP contribution in [0, 0.1) is 13.8 Å². The summed E-state index contributed by atoms with van der Waals surface area (Å²) in [6, 6.07) is 5.75. The first-order chi connectivity index (χ1) is 9.73. The predicted molar refractivity (Wildman–Crippen MR) is 72.4 cm³/mol. The highest BCUT2D eigenvalue weighted by Gasteiger charge is 2.32. The Bertz CT molecular complexity index is 642. The summed E-state index contributed by atoms with van der Waals surface area (Å²) in [5, 5.41) is 0. The Morgan fingerprint density at radius 1 is 1.05 bits per heavy atom. The van der Waals surface area contributed by atoms with Gasteiger partial charge in [-0.25, -0.2) is 9.97 Å². The van der Waals surface area contributed by atoms with E-state index < -0.39 is 6.36 Å². The Labute approximate surface area is 127 Å². The molecule has 112 valence electrons. The molecule has 21 heavy (non-hydrogen) atoms. The highest BCUT2D eigenvalue weighted by Crippen LogP contribution is 2.34. The van der Waals surface area contributed by atoms with E-state index in [1.54, 1.807) is 19.9 Å². The van der Waals surface area contributed by atoms with Crippen LogP contribution in [0.25, 0.3) is 0 Å². The summed E-state index contributed by atoms with van der Waals surface area (Å²) in [6.07, 6.45) is -4.75. The number of aromatic nitrogens is 2. The Balaban J connectivity index is 2.20. The van der Waals surface area contributed by atoms with Crippen LogP contribution in [0.5, 0.6) is 17.5 Å². The molecular weight excluding hydrogens is 353 g/mol. The van der Waals surface area contributed by atoms with Crippen molar-refractivity contribution in [1.29, 1.82) is 0 Å². The summed E-state index contributed by atoms with van der Waals surface area (Å²) in [5.41, 5.74) is 1.46. The van der Waals surface area contributed by atoms with Gasteiger partial charge in [0.15, 0.2) is 0 Å².